The summed E-state index contributed by atoms with van der Waals surface area (Å²) in [6, 6.07) is 11.3. The van der Waals surface area contributed by atoms with Crippen LogP contribution in [0.5, 0.6) is 0 Å². The second-order valence-corrected chi connectivity index (χ2v) is 7.57. The van der Waals surface area contributed by atoms with Gasteiger partial charge in [0.1, 0.15) is 22.7 Å². The van der Waals surface area contributed by atoms with Gasteiger partial charge in [0.25, 0.3) is 0 Å². The number of furan rings is 1. The number of halogens is 2. The van der Waals surface area contributed by atoms with Crippen molar-refractivity contribution in [1.29, 1.82) is 0 Å². The van der Waals surface area contributed by atoms with Gasteiger partial charge in [0.15, 0.2) is 0 Å². The molecular weight excluding hydrogens is 414 g/mol. The van der Waals surface area contributed by atoms with Crippen LogP contribution in [0.15, 0.2) is 53.1 Å². The van der Waals surface area contributed by atoms with E-state index in [1.54, 1.807) is 12.1 Å². The maximum atomic E-state index is 13.9. The van der Waals surface area contributed by atoms with E-state index in [0.717, 1.165) is 40.5 Å². The summed E-state index contributed by atoms with van der Waals surface area (Å²) in [6.07, 6.45) is 2.92. The lowest BCUT2D eigenvalue weighted by Gasteiger charge is -2.11. The lowest BCUT2D eigenvalue weighted by molar-refractivity contribution is 0.0691. The highest BCUT2D eigenvalue weighted by Gasteiger charge is 2.20. The van der Waals surface area contributed by atoms with E-state index >= 15 is 0 Å². The van der Waals surface area contributed by atoms with Gasteiger partial charge in [-0.15, -0.1) is 0 Å². The molecule has 0 bridgehead atoms. The number of pyridine rings is 1. The molecule has 0 fully saturated rings. The maximum Gasteiger partial charge on any atom is 0.340 e. The number of nitrogens with one attached hydrogen (secondary N) is 1. The molecule has 0 aliphatic carbocycles. The summed E-state index contributed by atoms with van der Waals surface area (Å²) in [5.41, 5.74) is 4.09. The molecule has 5 nitrogen and oxygen atoms in total. The summed E-state index contributed by atoms with van der Waals surface area (Å²) >= 11 is 0. The average Bonchev–Trinajstić information content (AvgIpc) is 3.12. The zero-order valence-electron chi connectivity index (χ0n) is 17.7. The highest BCUT2D eigenvalue weighted by Crippen LogP contribution is 2.38. The third kappa shape index (κ3) is 3.99. The fourth-order valence-electron chi connectivity index (χ4n) is 3.91. The van der Waals surface area contributed by atoms with Crippen LogP contribution in [-0.4, -0.2) is 23.1 Å². The monoisotopic (exact) mass is 436 g/mol. The third-order valence-electron chi connectivity index (χ3n) is 5.38. The molecule has 4 aromatic rings. The molecular formula is C25H22F2N2O3. The quantitative estimate of drug-likeness (QED) is 0.358. The Balaban J connectivity index is 1.97. The summed E-state index contributed by atoms with van der Waals surface area (Å²) in [7, 11) is 1.82. The minimum atomic E-state index is -1.37. The zero-order valence-corrected chi connectivity index (χ0v) is 17.7. The van der Waals surface area contributed by atoms with E-state index in [0.29, 0.717) is 23.5 Å². The zero-order chi connectivity index (χ0) is 22.8. The minimum Gasteiger partial charge on any atom is -0.478 e. The van der Waals surface area contributed by atoms with Crippen LogP contribution in [0.1, 0.15) is 34.8 Å². The van der Waals surface area contributed by atoms with Gasteiger partial charge in [0.05, 0.1) is 0 Å². The second kappa shape index (κ2) is 8.88. The first-order valence-electron chi connectivity index (χ1n) is 10.3. The number of aryl methyl sites for hydroxylation is 1. The van der Waals surface area contributed by atoms with Gasteiger partial charge in [0, 0.05) is 34.8 Å². The number of carbonyl (C=O) groups is 1. The fourth-order valence-corrected chi connectivity index (χ4v) is 3.91. The SMILES string of the molecule is CCCc1cc2oc(-c3ccc(F)cc3)c(CNC)c2cc1-c1cnc(F)c(C(=O)O)c1. The van der Waals surface area contributed by atoms with Crippen LogP contribution in [0.3, 0.4) is 0 Å². The molecule has 0 aliphatic heterocycles. The molecule has 2 aromatic carbocycles. The Morgan fingerprint density at radius 1 is 1.12 bits per heavy atom. The van der Waals surface area contributed by atoms with Gasteiger partial charge in [-0.25, -0.2) is 14.2 Å². The van der Waals surface area contributed by atoms with E-state index in [9.17, 15) is 18.7 Å². The van der Waals surface area contributed by atoms with Crippen LogP contribution in [0.25, 0.3) is 33.4 Å². The Morgan fingerprint density at radius 3 is 2.53 bits per heavy atom. The highest BCUT2D eigenvalue weighted by atomic mass is 19.1. The fraction of sp³-hybridized carbons (Fsp3) is 0.200. The molecule has 0 spiro atoms. The summed E-state index contributed by atoms with van der Waals surface area (Å²) in [6.45, 7) is 2.55. The van der Waals surface area contributed by atoms with E-state index < -0.39 is 17.5 Å². The Bertz CT molecular complexity index is 1300. The van der Waals surface area contributed by atoms with Crippen LogP contribution < -0.4 is 5.32 Å². The third-order valence-corrected chi connectivity index (χ3v) is 5.38. The molecule has 2 N–H and O–H groups in total. The number of nitrogens with zero attached hydrogens (tertiary/aromatic N) is 1. The van der Waals surface area contributed by atoms with Crippen molar-refractivity contribution in [3.63, 3.8) is 0 Å². The van der Waals surface area contributed by atoms with Crippen LogP contribution in [-0.2, 0) is 13.0 Å². The highest BCUT2D eigenvalue weighted by molar-refractivity contribution is 5.94. The molecule has 164 valence electrons. The molecule has 7 heteroatoms. The minimum absolute atomic E-state index is 0.328. The van der Waals surface area contributed by atoms with Crippen LogP contribution in [0.2, 0.25) is 0 Å². The van der Waals surface area contributed by atoms with E-state index in [4.69, 9.17) is 4.42 Å². The number of carboxylic acids is 1. The molecule has 2 heterocycles. The van der Waals surface area contributed by atoms with Crippen molar-refractivity contribution < 1.29 is 23.1 Å². The second-order valence-electron chi connectivity index (χ2n) is 7.57. The number of benzene rings is 2. The maximum absolute atomic E-state index is 13.9. The predicted molar refractivity (Wildman–Crippen MR) is 119 cm³/mol. The van der Waals surface area contributed by atoms with Crippen molar-refractivity contribution in [3.05, 3.63) is 77.1 Å². The van der Waals surface area contributed by atoms with Crippen molar-refractivity contribution >= 4 is 16.9 Å². The normalized spacial score (nSPS) is 11.2. The molecule has 0 saturated carbocycles. The van der Waals surface area contributed by atoms with Crippen LogP contribution >= 0.6 is 0 Å². The van der Waals surface area contributed by atoms with E-state index in [2.05, 4.69) is 10.3 Å². The largest absolute Gasteiger partial charge is 0.478 e. The van der Waals surface area contributed by atoms with Gasteiger partial charge in [-0.3, -0.25) is 0 Å². The lowest BCUT2D eigenvalue weighted by Crippen LogP contribution is -2.06. The van der Waals surface area contributed by atoms with Gasteiger partial charge in [-0.05, 0) is 67.1 Å². The Kier molecular flexibility index (Phi) is 6.01. The van der Waals surface area contributed by atoms with Gasteiger partial charge in [-0.1, -0.05) is 13.3 Å². The number of hydrogen-bond acceptors (Lipinski definition) is 4. The summed E-state index contributed by atoms with van der Waals surface area (Å²) < 4.78 is 33.5. The molecule has 0 amide bonds. The topological polar surface area (TPSA) is 75.4 Å². The Hall–Kier alpha value is -3.58. The smallest absolute Gasteiger partial charge is 0.340 e. The molecule has 0 radical (unpaired) electrons. The number of carboxylic acid groups (broad SMARTS) is 1. The number of rotatable bonds is 7. The number of fused-ring (bicyclic) bond motifs is 1. The average molecular weight is 436 g/mol. The molecule has 4 rings (SSSR count). The van der Waals surface area contributed by atoms with E-state index in [-0.39, 0.29) is 5.82 Å². The summed E-state index contributed by atoms with van der Waals surface area (Å²) in [4.78, 5) is 15.1. The van der Waals surface area contributed by atoms with Crippen molar-refractivity contribution in [1.82, 2.24) is 10.3 Å². The first-order chi connectivity index (χ1) is 15.4. The molecule has 0 aliphatic rings. The van der Waals surface area contributed by atoms with Gasteiger partial charge >= 0.3 is 5.97 Å². The van der Waals surface area contributed by atoms with Crippen molar-refractivity contribution in [3.8, 4) is 22.5 Å². The molecule has 0 atom stereocenters. The first kappa shape index (κ1) is 21.6. The summed E-state index contributed by atoms with van der Waals surface area (Å²) in [5, 5.41) is 13.3. The van der Waals surface area contributed by atoms with E-state index in [1.165, 1.54) is 24.4 Å². The van der Waals surface area contributed by atoms with Crippen LogP contribution in [0, 0.1) is 11.8 Å². The molecule has 0 unspecified atom stereocenters. The molecule has 32 heavy (non-hydrogen) atoms. The predicted octanol–water partition coefficient (Wildman–Crippen LogP) is 5.81. The Labute approximate surface area is 183 Å². The van der Waals surface area contributed by atoms with E-state index in [1.807, 2.05) is 26.1 Å². The lowest BCUT2D eigenvalue weighted by atomic mass is 9.94. The first-order valence-corrected chi connectivity index (χ1v) is 10.3. The number of hydrogen-bond donors (Lipinski definition) is 2. The van der Waals surface area contributed by atoms with Gasteiger partial charge in [0.2, 0.25) is 5.95 Å². The number of aromatic nitrogens is 1. The molecule has 0 saturated heterocycles. The van der Waals surface area contributed by atoms with Gasteiger partial charge < -0.3 is 14.8 Å². The van der Waals surface area contributed by atoms with Crippen molar-refractivity contribution in [2.45, 2.75) is 26.3 Å². The standard InChI is InChI=1S/C25H22F2N2O3/c1-3-4-15-10-22-19(11-18(15)16-9-20(25(30)31)24(27)29-12-16)21(13-28-2)23(32-22)14-5-7-17(26)8-6-14/h5-12,28H,3-4,13H2,1-2H3,(H,30,31). The Morgan fingerprint density at radius 2 is 1.88 bits per heavy atom. The molecule has 2 aromatic heterocycles. The van der Waals surface area contributed by atoms with Crippen molar-refractivity contribution in [2.24, 2.45) is 0 Å². The van der Waals surface area contributed by atoms with Crippen molar-refractivity contribution in [2.75, 3.05) is 7.05 Å². The van der Waals surface area contributed by atoms with Gasteiger partial charge in [-0.2, -0.15) is 4.39 Å². The number of aromatic carboxylic acids is 1. The van der Waals surface area contributed by atoms with Crippen LogP contribution in [0.4, 0.5) is 8.78 Å². The summed E-state index contributed by atoms with van der Waals surface area (Å²) in [5.74, 6) is -2.08.